The van der Waals surface area contributed by atoms with Crippen molar-refractivity contribution >= 4 is 11.6 Å². The van der Waals surface area contributed by atoms with Gasteiger partial charge in [0.15, 0.2) is 0 Å². The SMILES string of the molecule is Cc1ccc2c(c1)CCCN2C(=O)C[C@@H]1C=CCC1. The maximum Gasteiger partial charge on any atom is 0.227 e. The third kappa shape index (κ3) is 2.58. The van der Waals surface area contributed by atoms with Gasteiger partial charge in [-0.25, -0.2) is 0 Å². The highest BCUT2D eigenvalue weighted by Crippen LogP contribution is 2.30. The lowest BCUT2D eigenvalue weighted by Crippen LogP contribution is -2.36. The van der Waals surface area contributed by atoms with E-state index in [2.05, 4.69) is 37.3 Å². The second-order valence-electron chi connectivity index (χ2n) is 5.75. The topological polar surface area (TPSA) is 20.3 Å². The Morgan fingerprint density at radius 3 is 3.11 bits per heavy atom. The molecular weight excluding hydrogens is 234 g/mol. The quantitative estimate of drug-likeness (QED) is 0.739. The van der Waals surface area contributed by atoms with Crippen LogP contribution in [0.5, 0.6) is 0 Å². The molecule has 0 saturated heterocycles. The van der Waals surface area contributed by atoms with Crippen LogP contribution in [0.4, 0.5) is 5.69 Å². The standard InChI is InChI=1S/C17H21NO/c1-13-8-9-16-15(11-13)7-4-10-18(16)17(19)12-14-5-2-3-6-14/h2,5,8-9,11,14H,3-4,6-7,10,12H2,1H3/t14-/m1/s1. The third-order valence-corrected chi connectivity index (χ3v) is 4.20. The van der Waals surface area contributed by atoms with Gasteiger partial charge in [0.25, 0.3) is 0 Å². The van der Waals surface area contributed by atoms with E-state index in [-0.39, 0.29) is 0 Å². The second kappa shape index (κ2) is 5.20. The Bertz CT molecular complexity index is 518. The van der Waals surface area contributed by atoms with E-state index in [1.54, 1.807) is 0 Å². The molecule has 1 aromatic carbocycles. The zero-order chi connectivity index (χ0) is 13.2. The Kier molecular flexibility index (Phi) is 3.41. The van der Waals surface area contributed by atoms with Crippen LogP contribution in [0.15, 0.2) is 30.4 Å². The van der Waals surface area contributed by atoms with Crippen molar-refractivity contribution in [1.29, 1.82) is 0 Å². The minimum Gasteiger partial charge on any atom is -0.312 e. The Morgan fingerprint density at radius 2 is 2.32 bits per heavy atom. The van der Waals surface area contributed by atoms with Crippen molar-refractivity contribution in [3.05, 3.63) is 41.5 Å². The summed E-state index contributed by atoms with van der Waals surface area (Å²) in [5.41, 5.74) is 3.76. The number of carbonyl (C=O) groups is 1. The number of fused-ring (bicyclic) bond motifs is 1. The number of amides is 1. The molecule has 0 aromatic heterocycles. The first kappa shape index (κ1) is 12.5. The van der Waals surface area contributed by atoms with Gasteiger partial charge in [0, 0.05) is 18.7 Å². The average molecular weight is 255 g/mol. The molecule has 19 heavy (non-hydrogen) atoms. The summed E-state index contributed by atoms with van der Waals surface area (Å²) in [5, 5.41) is 0. The zero-order valence-electron chi connectivity index (χ0n) is 11.6. The molecular formula is C17H21NO. The van der Waals surface area contributed by atoms with Crippen LogP contribution in [0.1, 0.15) is 36.8 Å². The van der Waals surface area contributed by atoms with Crippen LogP contribution in [0.3, 0.4) is 0 Å². The Morgan fingerprint density at radius 1 is 1.42 bits per heavy atom. The molecule has 1 heterocycles. The molecule has 0 N–H and O–H groups in total. The molecule has 0 unspecified atom stereocenters. The van der Waals surface area contributed by atoms with E-state index in [0.717, 1.165) is 37.9 Å². The fraction of sp³-hybridized carbons (Fsp3) is 0.471. The van der Waals surface area contributed by atoms with Crippen molar-refractivity contribution in [1.82, 2.24) is 0 Å². The van der Waals surface area contributed by atoms with E-state index >= 15 is 0 Å². The van der Waals surface area contributed by atoms with Crippen LogP contribution in [0, 0.1) is 12.8 Å². The van der Waals surface area contributed by atoms with Gasteiger partial charge in [-0.15, -0.1) is 0 Å². The summed E-state index contributed by atoms with van der Waals surface area (Å²) in [4.78, 5) is 14.5. The number of benzene rings is 1. The molecule has 0 saturated carbocycles. The maximum atomic E-state index is 12.5. The monoisotopic (exact) mass is 255 g/mol. The number of carbonyl (C=O) groups excluding carboxylic acids is 1. The van der Waals surface area contributed by atoms with E-state index in [1.807, 2.05) is 4.90 Å². The molecule has 0 spiro atoms. The molecule has 1 atom stereocenters. The molecule has 2 aliphatic rings. The molecule has 3 rings (SSSR count). The van der Waals surface area contributed by atoms with Crippen molar-refractivity contribution in [3.63, 3.8) is 0 Å². The predicted molar refractivity (Wildman–Crippen MR) is 78.3 cm³/mol. The summed E-state index contributed by atoms with van der Waals surface area (Å²) in [7, 11) is 0. The summed E-state index contributed by atoms with van der Waals surface area (Å²) in [6.07, 6.45) is 9.54. The number of aryl methyl sites for hydroxylation is 2. The van der Waals surface area contributed by atoms with Gasteiger partial charge in [-0.1, -0.05) is 29.8 Å². The molecule has 2 nitrogen and oxygen atoms in total. The molecule has 1 aromatic rings. The van der Waals surface area contributed by atoms with Crippen LogP contribution in [0.25, 0.3) is 0 Å². The van der Waals surface area contributed by atoms with Crippen LogP contribution in [0.2, 0.25) is 0 Å². The lowest BCUT2D eigenvalue weighted by Gasteiger charge is -2.30. The van der Waals surface area contributed by atoms with Crippen LogP contribution >= 0.6 is 0 Å². The van der Waals surface area contributed by atoms with E-state index < -0.39 is 0 Å². The highest BCUT2D eigenvalue weighted by atomic mass is 16.2. The number of nitrogens with zero attached hydrogens (tertiary/aromatic N) is 1. The van der Waals surface area contributed by atoms with Crippen molar-refractivity contribution < 1.29 is 4.79 Å². The van der Waals surface area contributed by atoms with Crippen LogP contribution in [-0.4, -0.2) is 12.5 Å². The lowest BCUT2D eigenvalue weighted by atomic mass is 9.98. The molecule has 1 aliphatic carbocycles. The van der Waals surface area contributed by atoms with Crippen LogP contribution in [-0.2, 0) is 11.2 Å². The molecule has 2 heteroatoms. The summed E-state index contributed by atoms with van der Waals surface area (Å²) in [6, 6.07) is 6.45. The first-order valence-corrected chi connectivity index (χ1v) is 7.30. The lowest BCUT2D eigenvalue weighted by molar-refractivity contribution is -0.119. The van der Waals surface area contributed by atoms with Gasteiger partial charge in [0.05, 0.1) is 0 Å². The van der Waals surface area contributed by atoms with Crippen molar-refractivity contribution in [2.75, 3.05) is 11.4 Å². The smallest absolute Gasteiger partial charge is 0.227 e. The zero-order valence-corrected chi connectivity index (χ0v) is 11.6. The molecule has 0 radical (unpaired) electrons. The minimum absolute atomic E-state index is 0.293. The fourth-order valence-corrected chi connectivity index (χ4v) is 3.18. The predicted octanol–water partition coefficient (Wildman–Crippen LogP) is 3.63. The number of rotatable bonds is 2. The van der Waals surface area contributed by atoms with Gasteiger partial charge < -0.3 is 4.90 Å². The van der Waals surface area contributed by atoms with E-state index in [9.17, 15) is 4.79 Å². The summed E-state index contributed by atoms with van der Waals surface area (Å²) >= 11 is 0. The third-order valence-electron chi connectivity index (χ3n) is 4.20. The highest BCUT2D eigenvalue weighted by molar-refractivity contribution is 5.94. The van der Waals surface area contributed by atoms with Gasteiger partial charge in [0.1, 0.15) is 0 Å². The number of hydrogen-bond acceptors (Lipinski definition) is 1. The largest absolute Gasteiger partial charge is 0.312 e. The Hall–Kier alpha value is -1.57. The van der Waals surface area contributed by atoms with E-state index in [4.69, 9.17) is 0 Å². The molecule has 0 bridgehead atoms. The van der Waals surface area contributed by atoms with Crippen molar-refractivity contribution in [2.45, 2.75) is 39.0 Å². The van der Waals surface area contributed by atoms with E-state index in [1.165, 1.54) is 11.1 Å². The van der Waals surface area contributed by atoms with Gasteiger partial charge in [-0.05, 0) is 50.2 Å². The number of anilines is 1. The molecule has 1 amide bonds. The van der Waals surface area contributed by atoms with Gasteiger partial charge in [-0.3, -0.25) is 4.79 Å². The molecule has 1 aliphatic heterocycles. The first-order valence-electron chi connectivity index (χ1n) is 7.30. The van der Waals surface area contributed by atoms with Gasteiger partial charge in [0.2, 0.25) is 5.91 Å². The molecule has 0 fully saturated rings. The van der Waals surface area contributed by atoms with Crippen LogP contribution < -0.4 is 4.90 Å². The van der Waals surface area contributed by atoms with Crippen molar-refractivity contribution in [3.8, 4) is 0 Å². The minimum atomic E-state index is 0.293. The summed E-state index contributed by atoms with van der Waals surface area (Å²) in [5.74, 6) is 0.754. The summed E-state index contributed by atoms with van der Waals surface area (Å²) < 4.78 is 0. The average Bonchev–Trinajstić information content (AvgIpc) is 2.90. The van der Waals surface area contributed by atoms with Gasteiger partial charge in [-0.2, -0.15) is 0 Å². The Balaban J connectivity index is 1.78. The Labute approximate surface area is 115 Å². The highest BCUT2D eigenvalue weighted by Gasteiger charge is 2.24. The number of allylic oxidation sites excluding steroid dienone is 2. The number of hydrogen-bond donors (Lipinski definition) is 0. The normalized spacial score (nSPS) is 21.5. The van der Waals surface area contributed by atoms with Gasteiger partial charge >= 0.3 is 0 Å². The first-order chi connectivity index (χ1) is 9.24. The fourth-order valence-electron chi connectivity index (χ4n) is 3.18. The van der Waals surface area contributed by atoms with E-state index in [0.29, 0.717) is 18.2 Å². The maximum absolute atomic E-state index is 12.5. The summed E-state index contributed by atoms with van der Waals surface area (Å²) in [6.45, 7) is 3.00. The van der Waals surface area contributed by atoms with Crippen molar-refractivity contribution in [2.24, 2.45) is 5.92 Å². The second-order valence-corrected chi connectivity index (χ2v) is 5.75. The molecule has 100 valence electrons.